The number of nitrogens with one attached hydrogen (secondary N) is 1. The van der Waals surface area contributed by atoms with E-state index in [0.717, 1.165) is 10.4 Å². The van der Waals surface area contributed by atoms with Gasteiger partial charge in [0.2, 0.25) is 0 Å². The zero-order valence-corrected chi connectivity index (χ0v) is 12.0. The van der Waals surface area contributed by atoms with E-state index in [1.165, 1.54) is 19.2 Å². The molecule has 0 saturated carbocycles. The van der Waals surface area contributed by atoms with Crippen molar-refractivity contribution in [1.82, 2.24) is 4.31 Å². The highest BCUT2D eigenvalue weighted by Crippen LogP contribution is 2.42. The Morgan fingerprint density at radius 1 is 1.33 bits per heavy atom. The third kappa shape index (κ3) is 3.71. The van der Waals surface area contributed by atoms with Gasteiger partial charge in [-0.1, -0.05) is 0 Å². The second-order valence-corrected chi connectivity index (χ2v) is 6.18. The van der Waals surface area contributed by atoms with Crippen LogP contribution in [0.5, 0.6) is 11.5 Å². The molecule has 0 unspecified atom stereocenters. The highest BCUT2D eigenvalue weighted by molar-refractivity contribution is 7.90. The van der Waals surface area contributed by atoms with Crippen LogP contribution >= 0.6 is 0 Å². The first-order valence-electron chi connectivity index (χ1n) is 6.07. The van der Waals surface area contributed by atoms with Crippen LogP contribution in [-0.2, 0) is 10.2 Å². The summed E-state index contributed by atoms with van der Waals surface area (Å²) in [7, 11) is -2.40. The third-order valence-electron chi connectivity index (χ3n) is 2.74. The number of benzene rings is 1. The molecule has 3 N–H and O–H groups in total. The fourth-order valence-corrected chi connectivity index (χ4v) is 2.62. The van der Waals surface area contributed by atoms with E-state index in [2.05, 4.69) is 14.2 Å². The van der Waals surface area contributed by atoms with Gasteiger partial charge in [0.25, 0.3) is 0 Å². The number of rotatable bonds is 6. The lowest BCUT2D eigenvalue weighted by Crippen LogP contribution is -2.34. The number of nitrogens with two attached hydrogens (primary N) is 1. The first-order chi connectivity index (χ1) is 9.73. The number of hydrogen-bond donors (Lipinski definition) is 2. The number of halogens is 2. The van der Waals surface area contributed by atoms with Gasteiger partial charge >= 0.3 is 16.5 Å². The topological polar surface area (TPSA) is 93.9 Å². The van der Waals surface area contributed by atoms with Crippen LogP contribution in [0.25, 0.3) is 0 Å². The van der Waals surface area contributed by atoms with E-state index in [9.17, 15) is 17.2 Å². The molecule has 1 aromatic rings. The van der Waals surface area contributed by atoms with Gasteiger partial charge in [-0.3, -0.25) is 4.72 Å². The fourth-order valence-electron chi connectivity index (χ4n) is 1.67. The minimum Gasteiger partial charge on any atom is -0.395 e. The zero-order chi connectivity index (χ0) is 15.7. The Morgan fingerprint density at radius 3 is 2.67 bits per heavy atom. The molecule has 0 radical (unpaired) electrons. The van der Waals surface area contributed by atoms with Crippen LogP contribution in [0.4, 0.5) is 14.5 Å². The molecule has 0 atom stereocenters. The Morgan fingerprint density at radius 2 is 2.00 bits per heavy atom. The number of alkyl halides is 2. The molecular weight excluding hydrogens is 308 g/mol. The predicted octanol–water partition coefficient (Wildman–Crippen LogP) is 0.945. The number of nitrogens with zero attached hydrogens (tertiary/aromatic N) is 1. The molecule has 0 spiro atoms. The van der Waals surface area contributed by atoms with Gasteiger partial charge in [0, 0.05) is 19.7 Å². The Labute approximate surface area is 120 Å². The average Bonchev–Trinajstić information content (AvgIpc) is 2.68. The molecule has 7 nitrogen and oxygen atoms in total. The quantitative estimate of drug-likeness (QED) is 0.813. The van der Waals surface area contributed by atoms with Crippen LogP contribution in [0, 0.1) is 0 Å². The van der Waals surface area contributed by atoms with Gasteiger partial charge in [0.15, 0.2) is 11.5 Å². The second kappa shape index (κ2) is 5.62. The maximum atomic E-state index is 12.9. The number of anilines is 1. The van der Waals surface area contributed by atoms with Gasteiger partial charge in [0.05, 0.1) is 5.69 Å². The molecule has 0 bridgehead atoms. The normalized spacial score (nSPS) is 16.2. The number of ether oxygens (including phenoxy) is 2. The molecule has 1 aromatic carbocycles. The first kappa shape index (κ1) is 15.7. The summed E-state index contributed by atoms with van der Waals surface area (Å²) in [6, 6.07) is 3.64. The molecule has 1 heterocycles. The van der Waals surface area contributed by atoms with Crippen LogP contribution in [0.1, 0.15) is 6.42 Å². The van der Waals surface area contributed by atoms with Gasteiger partial charge in [0.1, 0.15) is 0 Å². The van der Waals surface area contributed by atoms with Crippen molar-refractivity contribution in [3.8, 4) is 11.5 Å². The van der Waals surface area contributed by atoms with E-state index in [4.69, 9.17) is 5.73 Å². The molecular formula is C11H15F2N3O4S. The minimum absolute atomic E-state index is 0.0923. The van der Waals surface area contributed by atoms with E-state index in [-0.39, 0.29) is 23.7 Å². The van der Waals surface area contributed by atoms with E-state index >= 15 is 0 Å². The summed E-state index contributed by atoms with van der Waals surface area (Å²) in [5.41, 5.74) is 5.41. The Hall–Kier alpha value is -1.65. The Bertz CT molecular complexity index is 624. The number of fused-ring (bicyclic) bond motifs is 1. The first-order valence-corrected chi connectivity index (χ1v) is 7.51. The van der Waals surface area contributed by atoms with Gasteiger partial charge in [-0.15, -0.1) is 8.78 Å². The fraction of sp³-hybridized carbons (Fsp3) is 0.455. The van der Waals surface area contributed by atoms with E-state index in [1.54, 1.807) is 0 Å². The summed E-state index contributed by atoms with van der Waals surface area (Å²) >= 11 is 0. The van der Waals surface area contributed by atoms with Crippen molar-refractivity contribution in [2.24, 2.45) is 5.73 Å². The molecule has 0 aromatic heterocycles. The van der Waals surface area contributed by atoms with E-state index in [1.807, 2.05) is 0 Å². The van der Waals surface area contributed by atoms with E-state index in [0.29, 0.717) is 13.0 Å². The Kier molecular flexibility index (Phi) is 4.21. The molecule has 2 rings (SSSR count). The summed E-state index contributed by atoms with van der Waals surface area (Å²) < 4.78 is 61.5. The van der Waals surface area contributed by atoms with Crippen LogP contribution < -0.4 is 19.9 Å². The summed E-state index contributed by atoms with van der Waals surface area (Å²) in [5.74, 6) is -0.385. The van der Waals surface area contributed by atoms with Crippen LogP contribution in [0.15, 0.2) is 18.2 Å². The standard InChI is InChI=1S/C11H15F2N3O4S/c1-16(6-2-5-14)21(17,18)15-8-3-4-9-10(7-8)20-11(12,13)19-9/h3-4,7,15H,2,5-6,14H2,1H3. The molecule has 0 fully saturated rings. The maximum absolute atomic E-state index is 12.9. The molecule has 0 aliphatic carbocycles. The molecule has 1 aliphatic rings. The molecule has 0 saturated heterocycles. The molecule has 118 valence electrons. The van der Waals surface area contributed by atoms with E-state index < -0.39 is 16.5 Å². The second-order valence-electron chi connectivity index (χ2n) is 4.40. The van der Waals surface area contributed by atoms with Crippen molar-refractivity contribution in [3.05, 3.63) is 18.2 Å². The highest BCUT2D eigenvalue weighted by Gasteiger charge is 2.43. The smallest absolute Gasteiger partial charge is 0.395 e. The molecule has 0 amide bonds. The third-order valence-corrected chi connectivity index (χ3v) is 4.23. The lowest BCUT2D eigenvalue weighted by Gasteiger charge is -2.18. The molecule has 10 heteroatoms. The van der Waals surface area contributed by atoms with Gasteiger partial charge in [-0.2, -0.15) is 12.7 Å². The summed E-state index contributed by atoms with van der Waals surface area (Å²) in [6.07, 6.45) is -3.23. The minimum atomic E-state index is -3.79. The molecule has 21 heavy (non-hydrogen) atoms. The average molecular weight is 323 g/mol. The van der Waals surface area contributed by atoms with Crippen molar-refractivity contribution >= 4 is 15.9 Å². The van der Waals surface area contributed by atoms with Crippen LogP contribution in [0.3, 0.4) is 0 Å². The summed E-state index contributed by atoms with van der Waals surface area (Å²) in [4.78, 5) is 0. The monoisotopic (exact) mass is 323 g/mol. The highest BCUT2D eigenvalue weighted by atomic mass is 32.2. The summed E-state index contributed by atoms with van der Waals surface area (Å²) in [6.45, 7) is 0.605. The van der Waals surface area contributed by atoms with Crippen molar-refractivity contribution in [2.75, 3.05) is 24.9 Å². The van der Waals surface area contributed by atoms with Crippen LogP contribution in [-0.4, -0.2) is 39.2 Å². The van der Waals surface area contributed by atoms with Crippen molar-refractivity contribution < 1.29 is 26.7 Å². The van der Waals surface area contributed by atoms with Crippen LogP contribution in [0.2, 0.25) is 0 Å². The lowest BCUT2D eigenvalue weighted by atomic mass is 10.3. The van der Waals surface area contributed by atoms with Crippen molar-refractivity contribution in [3.63, 3.8) is 0 Å². The summed E-state index contributed by atoms with van der Waals surface area (Å²) in [5, 5.41) is 0. The van der Waals surface area contributed by atoms with Gasteiger partial charge in [-0.05, 0) is 25.1 Å². The number of hydrogen-bond acceptors (Lipinski definition) is 5. The molecule has 1 aliphatic heterocycles. The SMILES string of the molecule is CN(CCCN)S(=O)(=O)Nc1ccc2c(c1)OC(F)(F)O2. The lowest BCUT2D eigenvalue weighted by molar-refractivity contribution is -0.286. The maximum Gasteiger partial charge on any atom is 0.586 e. The van der Waals surface area contributed by atoms with Gasteiger partial charge < -0.3 is 15.2 Å². The zero-order valence-electron chi connectivity index (χ0n) is 11.2. The van der Waals surface area contributed by atoms with Gasteiger partial charge in [-0.25, -0.2) is 0 Å². The van der Waals surface area contributed by atoms with Crippen molar-refractivity contribution in [2.45, 2.75) is 12.7 Å². The largest absolute Gasteiger partial charge is 0.586 e. The van der Waals surface area contributed by atoms with Crippen molar-refractivity contribution in [1.29, 1.82) is 0 Å². The predicted molar refractivity (Wildman–Crippen MR) is 71.5 cm³/mol. The Balaban J connectivity index is 2.11.